The zero-order chi connectivity index (χ0) is 12.8. The molecule has 18 heavy (non-hydrogen) atoms. The van der Waals surface area contributed by atoms with Gasteiger partial charge < -0.3 is 9.84 Å². The average Bonchev–Trinajstić information content (AvgIpc) is 2.39. The lowest BCUT2D eigenvalue weighted by Crippen LogP contribution is -2.39. The molecular weight excluding hydrogens is 244 g/mol. The topological polar surface area (TPSA) is 29.5 Å². The molecule has 3 atom stereocenters. The second-order valence-corrected chi connectivity index (χ2v) is 6.19. The first-order valence-electron chi connectivity index (χ1n) is 6.81. The van der Waals surface area contributed by atoms with Gasteiger partial charge in [0.15, 0.2) is 0 Å². The SMILES string of the molecule is CCCC[C@@H]1OC[C@@H](O)C[C@@H]1Sc1ccccc1. The standard InChI is InChI=1S/C15H22O2S/c1-2-3-9-14-15(10-12(16)11-17-14)18-13-7-5-4-6-8-13/h4-8,12,14-16H,2-3,9-11H2,1H3/t12-,14-,15-/m0/s1. The van der Waals surface area contributed by atoms with E-state index in [1.165, 1.54) is 17.7 Å². The van der Waals surface area contributed by atoms with Crippen LogP contribution in [0.4, 0.5) is 0 Å². The van der Waals surface area contributed by atoms with E-state index in [1.807, 2.05) is 17.8 Å². The van der Waals surface area contributed by atoms with Gasteiger partial charge in [0.1, 0.15) is 0 Å². The summed E-state index contributed by atoms with van der Waals surface area (Å²) >= 11 is 1.84. The number of aliphatic hydroxyl groups excluding tert-OH is 1. The minimum atomic E-state index is -0.302. The van der Waals surface area contributed by atoms with Crippen molar-refractivity contribution >= 4 is 11.8 Å². The van der Waals surface area contributed by atoms with Crippen LogP contribution in [0.1, 0.15) is 32.6 Å². The predicted molar refractivity (Wildman–Crippen MR) is 76.0 cm³/mol. The third-order valence-corrected chi connectivity index (χ3v) is 4.64. The van der Waals surface area contributed by atoms with Crippen molar-refractivity contribution < 1.29 is 9.84 Å². The maximum absolute atomic E-state index is 9.76. The lowest BCUT2D eigenvalue weighted by molar-refractivity contribution is -0.0541. The third kappa shape index (κ3) is 4.01. The van der Waals surface area contributed by atoms with Crippen LogP contribution in [0.2, 0.25) is 0 Å². The van der Waals surface area contributed by atoms with Crippen molar-refractivity contribution in [2.24, 2.45) is 0 Å². The maximum Gasteiger partial charge on any atom is 0.0785 e. The Morgan fingerprint density at radius 3 is 2.83 bits per heavy atom. The highest BCUT2D eigenvalue weighted by molar-refractivity contribution is 8.00. The number of thioether (sulfide) groups is 1. The van der Waals surface area contributed by atoms with E-state index in [0.717, 1.165) is 12.8 Å². The summed E-state index contributed by atoms with van der Waals surface area (Å²) in [5.74, 6) is 0. The van der Waals surface area contributed by atoms with Crippen LogP contribution < -0.4 is 0 Å². The average molecular weight is 266 g/mol. The van der Waals surface area contributed by atoms with E-state index in [1.54, 1.807) is 0 Å². The minimum absolute atomic E-state index is 0.290. The monoisotopic (exact) mass is 266 g/mol. The molecule has 1 aliphatic rings. The third-order valence-electron chi connectivity index (χ3n) is 3.29. The Morgan fingerprint density at radius 2 is 2.11 bits per heavy atom. The number of rotatable bonds is 5. The molecule has 0 spiro atoms. The van der Waals surface area contributed by atoms with E-state index >= 15 is 0 Å². The molecule has 1 aromatic rings. The molecule has 1 saturated heterocycles. The van der Waals surface area contributed by atoms with Crippen LogP contribution in [0.15, 0.2) is 35.2 Å². The van der Waals surface area contributed by atoms with Crippen molar-refractivity contribution in [3.63, 3.8) is 0 Å². The Bertz CT molecular complexity index is 340. The quantitative estimate of drug-likeness (QED) is 0.884. The van der Waals surface area contributed by atoms with Gasteiger partial charge >= 0.3 is 0 Å². The van der Waals surface area contributed by atoms with E-state index in [-0.39, 0.29) is 6.10 Å². The number of ether oxygens (including phenoxy) is 1. The number of hydrogen-bond donors (Lipinski definition) is 1. The van der Waals surface area contributed by atoms with Crippen molar-refractivity contribution in [3.8, 4) is 0 Å². The highest BCUT2D eigenvalue weighted by atomic mass is 32.2. The fraction of sp³-hybridized carbons (Fsp3) is 0.600. The summed E-state index contributed by atoms with van der Waals surface area (Å²) in [6.45, 7) is 2.71. The number of hydrogen-bond acceptors (Lipinski definition) is 3. The second-order valence-electron chi connectivity index (χ2n) is 4.87. The van der Waals surface area contributed by atoms with Crippen LogP contribution in [0.5, 0.6) is 0 Å². The molecule has 2 nitrogen and oxygen atoms in total. The Balaban J connectivity index is 1.96. The zero-order valence-electron chi connectivity index (χ0n) is 10.9. The molecule has 0 saturated carbocycles. The van der Waals surface area contributed by atoms with Crippen LogP contribution in [-0.2, 0) is 4.74 Å². The predicted octanol–water partition coefficient (Wildman–Crippen LogP) is 3.49. The summed E-state index contributed by atoms with van der Waals surface area (Å²) in [6.07, 6.45) is 4.34. The molecular formula is C15H22O2S. The lowest BCUT2D eigenvalue weighted by Gasteiger charge is -2.34. The lowest BCUT2D eigenvalue weighted by atomic mass is 10.0. The summed E-state index contributed by atoms with van der Waals surface area (Å²) in [4.78, 5) is 1.27. The minimum Gasteiger partial charge on any atom is -0.391 e. The Morgan fingerprint density at radius 1 is 1.33 bits per heavy atom. The Kier molecular flexibility index (Phi) is 5.54. The van der Waals surface area contributed by atoms with E-state index < -0.39 is 0 Å². The van der Waals surface area contributed by atoms with E-state index in [4.69, 9.17) is 4.74 Å². The second kappa shape index (κ2) is 7.17. The van der Waals surface area contributed by atoms with Crippen LogP contribution in [0.25, 0.3) is 0 Å². The van der Waals surface area contributed by atoms with Gasteiger partial charge in [-0.3, -0.25) is 0 Å². The molecule has 0 bridgehead atoms. The van der Waals surface area contributed by atoms with E-state index in [9.17, 15) is 5.11 Å². The van der Waals surface area contributed by atoms with Crippen LogP contribution >= 0.6 is 11.8 Å². The first-order chi connectivity index (χ1) is 8.79. The summed E-state index contributed by atoms with van der Waals surface area (Å²) in [6, 6.07) is 10.4. The Hall–Kier alpha value is -0.510. The van der Waals surface area contributed by atoms with Gasteiger partial charge in [-0.15, -0.1) is 11.8 Å². The molecule has 0 amide bonds. The highest BCUT2D eigenvalue weighted by Gasteiger charge is 2.30. The van der Waals surface area contributed by atoms with Gasteiger partial charge in [0, 0.05) is 10.1 Å². The summed E-state index contributed by atoms with van der Waals surface area (Å²) in [7, 11) is 0. The van der Waals surface area contributed by atoms with Crippen molar-refractivity contribution in [1.82, 2.24) is 0 Å². The highest BCUT2D eigenvalue weighted by Crippen LogP contribution is 2.34. The fourth-order valence-electron chi connectivity index (χ4n) is 2.30. The van der Waals surface area contributed by atoms with Gasteiger partial charge in [0.05, 0.1) is 18.8 Å². The number of unbranched alkanes of at least 4 members (excludes halogenated alkanes) is 1. The maximum atomic E-state index is 9.76. The van der Waals surface area contributed by atoms with Crippen LogP contribution in [0.3, 0.4) is 0 Å². The zero-order valence-corrected chi connectivity index (χ0v) is 11.7. The fourth-order valence-corrected chi connectivity index (χ4v) is 3.65. The molecule has 0 aliphatic carbocycles. The van der Waals surface area contributed by atoms with Gasteiger partial charge in [-0.05, 0) is 25.0 Å². The van der Waals surface area contributed by atoms with Gasteiger partial charge in [0.2, 0.25) is 0 Å². The molecule has 2 rings (SSSR count). The molecule has 0 aromatic heterocycles. The first kappa shape index (κ1) is 13.9. The molecule has 3 heteroatoms. The summed E-state index contributed by atoms with van der Waals surface area (Å²) in [5, 5.41) is 10.1. The van der Waals surface area contributed by atoms with Crippen LogP contribution in [-0.4, -0.2) is 29.2 Å². The summed E-state index contributed by atoms with van der Waals surface area (Å²) < 4.78 is 5.81. The van der Waals surface area contributed by atoms with Gasteiger partial charge in [0.25, 0.3) is 0 Å². The molecule has 0 radical (unpaired) electrons. The van der Waals surface area contributed by atoms with Crippen LogP contribution in [0, 0.1) is 0 Å². The van der Waals surface area contributed by atoms with Crippen molar-refractivity contribution in [2.75, 3.05) is 6.61 Å². The van der Waals surface area contributed by atoms with Gasteiger partial charge in [-0.25, -0.2) is 0 Å². The first-order valence-corrected chi connectivity index (χ1v) is 7.69. The smallest absolute Gasteiger partial charge is 0.0785 e. The molecule has 0 unspecified atom stereocenters. The Labute approximate surface area is 114 Å². The van der Waals surface area contributed by atoms with Crippen molar-refractivity contribution in [1.29, 1.82) is 0 Å². The van der Waals surface area contributed by atoms with Crippen molar-refractivity contribution in [2.45, 2.75) is 55.0 Å². The molecule has 1 aromatic carbocycles. The van der Waals surface area contributed by atoms with E-state index in [2.05, 4.69) is 31.2 Å². The molecule has 1 fully saturated rings. The normalized spacial score (nSPS) is 28.2. The van der Waals surface area contributed by atoms with Gasteiger partial charge in [-0.1, -0.05) is 38.0 Å². The number of benzene rings is 1. The molecule has 100 valence electrons. The molecule has 1 aliphatic heterocycles. The largest absolute Gasteiger partial charge is 0.391 e. The van der Waals surface area contributed by atoms with E-state index in [0.29, 0.717) is 18.0 Å². The van der Waals surface area contributed by atoms with Crippen molar-refractivity contribution in [3.05, 3.63) is 30.3 Å². The molecule has 1 heterocycles. The summed E-state index contributed by atoms with van der Waals surface area (Å²) in [5.41, 5.74) is 0. The molecule has 1 N–H and O–H groups in total. The number of aliphatic hydroxyl groups is 1. The van der Waals surface area contributed by atoms with Gasteiger partial charge in [-0.2, -0.15) is 0 Å².